The predicted molar refractivity (Wildman–Crippen MR) is 87.8 cm³/mol. The van der Waals surface area contributed by atoms with E-state index in [1.807, 2.05) is 24.4 Å². The van der Waals surface area contributed by atoms with Crippen LogP contribution in [0.1, 0.15) is 0 Å². The van der Waals surface area contributed by atoms with Crippen LogP contribution in [0.15, 0.2) is 53.6 Å². The van der Waals surface area contributed by atoms with Gasteiger partial charge in [0.25, 0.3) is 5.69 Å². The van der Waals surface area contributed by atoms with Crippen molar-refractivity contribution in [3.63, 3.8) is 0 Å². The van der Waals surface area contributed by atoms with Gasteiger partial charge in [0.1, 0.15) is 0 Å². The second-order valence-electron chi connectivity index (χ2n) is 5.11. The molecule has 2 aromatic carbocycles. The first kappa shape index (κ1) is 15.0. The largest absolute Gasteiger partial charge is 0.361 e. The third-order valence-electron chi connectivity index (χ3n) is 3.41. The molecule has 3 rings (SSSR count). The maximum absolute atomic E-state index is 11.9. The third-order valence-corrected chi connectivity index (χ3v) is 4.54. The minimum atomic E-state index is -3.61. The van der Waals surface area contributed by atoms with Gasteiger partial charge in [-0.3, -0.25) is 10.1 Å². The van der Waals surface area contributed by atoms with Crippen LogP contribution in [0.3, 0.4) is 0 Å². The predicted octanol–water partition coefficient (Wildman–Crippen LogP) is 3.22. The van der Waals surface area contributed by atoms with E-state index >= 15 is 0 Å². The summed E-state index contributed by atoms with van der Waals surface area (Å²) >= 11 is 0. The van der Waals surface area contributed by atoms with E-state index in [4.69, 9.17) is 0 Å². The lowest BCUT2D eigenvalue weighted by Crippen LogP contribution is -2.04. The molecular formula is C15H13N3O4S. The maximum Gasteiger partial charge on any atom is 0.270 e. The van der Waals surface area contributed by atoms with E-state index in [1.54, 1.807) is 6.07 Å². The van der Waals surface area contributed by atoms with Crippen molar-refractivity contribution in [2.45, 2.75) is 4.90 Å². The number of anilines is 2. The number of rotatable bonds is 4. The van der Waals surface area contributed by atoms with Crippen LogP contribution >= 0.6 is 0 Å². The van der Waals surface area contributed by atoms with Crippen LogP contribution in [0.4, 0.5) is 17.1 Å². The summed E-state index contributed by atoms with van der Waals surface area (Å²) in [6.45, 7) is 0. The summed E-state index contributed by atoms with van der Waals surface area (Å²) in [4.78, 5) is 13.2. The Morgan fingerprint density at radius 3 is 2.61 bits per heavy atom. The molecule has 7 nitrogen and oxygen atoms in total. The highest BCUT2D eigenvalue weighted by Gasteiger charge is 2.18. The SMILES string of the molecule is CS(=O)(=O)c1cc([N+](=O)[O-])ccc1Nc1ccc2[nH]ccc2c1. The monoisotopic (exact) mass is 331 g/mol. The number of aromatic amines is 1. The Morgan fingerprint density at radius 1 is 1.13 bits per heavy atom. The normalized spacial score (nSPS) is 11.5. The Morgan fingerprint density at radius 2 is 1.91 bits per heavy atom. The molecule has 0 spiro atoms. The zero-order valence-electron chi connectivity index (χ0n) is 12.1. The van der Waals surface area contributed by atoms with Crippen LogP contribution in [0, 0.1) is 10.1 Å². The van der Waals surface area contributed by atoms with E-state index in [1.165, 1.54) is 12.1 Å². The number of nitro groups is 1. The summed E-state index contributed by atoms with van der Waals surface area (Å²) in [5, 5.41) is 14.8. The Balaban J connectivity index is 2.06. The van der Waals surface area contributed by atoms with Crippen LogP contribution in [-0.4, -0.2) is 24.6 Å². The second-order valence-corrected chi connectivity index (χ2v) is 7.10. The van der Waals surface area contributed by atoms with E-state index in [2.05, 4.69) is 10.3 Å². The first-order valence-electron chi connectivity index (χ1n) is 6.67. The van der Waals surface area contributed by atoms with Crippen molar-refractivity contribution in [2.75, 3.05) is 11.6 Å². The van der Waals surface area contributed by atoms with Gasteiger partial charge < -0.3 is 10.3 Å². The van der Waals surface area contributed by atoms with Gasteiger partial charge in [-0.1, -0.05) is 0 Å². The van der Waals surface area contributed by atoms with Gasteiger partial charge in [-0.15, -0.1) is 0 Å². The number of hydrogen-bond acceptors (Lipinski definition) is 5. The molecule has 0 unspecified atom stereocenters. The van der Waals surface area contributed by atoms with Crippen molar-refractivity contribution >= 4 is 37.8 Å². The number of nitro benzene ring substituents is 1. The quantitative estimate of drug-likeness (QED) is 0.564. The fourth-order valence-corrected chi connectivity index (χ4v) is 3.17. The maximum atomic E-state index is 11.9. The van der Waals surface area contributed by atoms with Crippen molar-refractivity contribution in [1.82, 2.24) is 4.98 Å². The van der Waals surface area contributed by atoms with E-state index in [0.717, 1.165) is 23.2 Å². The van der Waals surface area contributed by atoms with Crippen LogP contribution < -0.4 is 5.32 Å². The highest BCUT2D eigenvalue weighted by molar-refractivity contribution is 7.90. The molecule has 0 bridgehead atoms. The molecule has 118 valence electrons. The van der Waals surface area contributed by atoms with E-state index in [9.17, 15) is 18.5 Å². The zero-order valence-corrected chi connectivity index (χ0v) is 12.9. The second kappa shape index (κ2) is 5.40. The summed E-state index contributed by atoms with van der Waals surface area (Å²) in [5.74, 6) is 0. The molecule has 3 aromatic rings. The molecule has 0 atom stereocenters. The van der Waals surface area contributed by atoms with E-state index in [0.29, 0.717) is 11.4 Å². The summed E-state index contributed by atoms with van der Waals surface area (Å²) in [5.41, 5.74) is 1.68. The van der Waals surface area contributed by atoms with Gasteiger partial charge in [-0.2, -0.15) is 0 Å². The minimum Gasteiger partial charge on any atom is -0.361 e. The number of nitrogens with zero attached hydrogens (tertiary/aromatic N) is 1. The van der Waals surface area contributed by atoms with Gasteiger partial charge in [0.05, 0.1) is 15.5 Å². The number of nitrogens with one attached hydrogen (secondary N) is 2. The third kappa shape index (κ3) is 3.02. The van der Waals surface area contributed by atoms with Gasteiger partial charge in [-0.05, 0) is 30.3 Å². The number of aromatic nitrogens is 1. The Labute approximate surface area is 132 Å². The molecule has 0 radical (unpaired) electrons. The first-order chi connectivity index (χ1) is 10.8. The lowest BCUT2D eigenvalue weighted by Gasteiger charge is -2.11. The topological polar surface area (TPSA) is 105 Å². The number of benzene rings is 2. The van der Waals surface area contributed by atoms with Crippen LogP contribution in [0.25, 0.3) is 10.9 Å². The molecule has 0 saturated heterocycles. The van der Waals surface area contributed by atoms with Gasteiger partial charge in [0.15, 0.2) is 9.84 Å². The molecule has 0 fully saturated rings. The van der Waals surface area contributed by atoms with Crippen molar-refractivity contribution in [1.29, 1.82) is 0 Å². The molecule has 8 heteroatoms. The van der Waals surface area contributed by atoms with Crippen molar-refractivity contribution in [3.05, 3.63) is 58.8 Å². The molecule has 1 aromatic heterocycles. The standard InChI is InChI=1S/C15H13N3O4S/c1-23(21,22)15-9-12(18(19)20)3-5-14(15)17-11-2-4-13-10(8-11)6-7-16-13/h2-9,16-17H,1H3. The van der Waals surface area contributed by atoms with Crippen LogP contribution in [-0.2, 0) is 9.84 Å². The molecule has 0 aliphatic carbocycles. The number of sulfone groups is 1. The highest BCUT2D eigenvalue weighted by Crippen LogP contribution is 2.30. The average Bonchev–Trinajstić information content (AvgIpc) is 2.93. The van der Waals surface area contributed by atoms with Crippen molar-refractivity contribution in [2.24, 2.45) is 0 Å². The Bertz CT molecular complexity index is 1010. The summed E-state index contributed by atoms with van der Waals surface area (Å²) in [6, 6.07) is 11.1. The van der Waals surface area contributed by atoms with Crippen molar-refractivity contribution in [3.8, 4) is 0 Å². The summed E-state index contributed by atoms with van der Waals surface area (Å²) in [7, 11) is -3.61. The van der Waals surface area contributed by atoms with Gasteiger partial charge in [0.2, 0.25) is 0 Å². The van der Waals surface area contributed by atoms with Crippen molar-refractivity contribution < 1.29 is 13.3 Å². The fraction of sp³-hybridized carbons (Fsp3) is 0.0667. The van der Waals surface area contributed by atoms with Gasteiger partial charge in [-0.25, -0.2) is 8.42 Å². The van der Waals surface area contributed by atoms with E-state index < -0.39 is 14.8 Å². The average molecular weight is 331 g/mol. The fourth-order valence-electron chi connectivity index (χ4n) is 2.32. The summed E-state index contributed by atoms with van der Waals surface area (Å²) < 4.78 is 23.8. The van der Waals surface area contributed by atoms with E-state index in [-0.39, 0.29) is 10.6 Å². The number of fused-ring (bicyclic) bond motifs is 1. The molecule has 1 heterocycles. The van der Waals surface area contributed by atoms with Gasteiger partial charge in [0, 0.05) is 41.2 Å². The molecular weight excluding hydrogens is 318 g/mol. The smallest absolute Gasteiger partial charge is 0.270 e. The molecule has 23 heavy (non-hydrogen) atoms. The number of hydrogen-bond donors (Lipinski definition) is 2. The molecule has 0 amide bonds. The lowest BCUT2D eigenvalue weighted by molar-refractivity contribution is -0.385. The van der Waals surface area contributed by atoms with Crippen LogP contribution in [0.5, 0.6) is 0 Å². The Kier molecular flexibility index (Phi) is 3.53. The summed E-state index contributed by atoms with van der Waals surface area (Å²) in [6.07, 6.45) is 2.83. The number of non-ortho nitro benzene ring substituents is 1. The molecule has 0 saturated carbocycles. The highest BCUT2D eigenvalue weighted by atomic mass is 32.2. The Hall–Kier alpha value is -2.87. The molecule has 0 aliphatic heterocycles. The lowest BCUT2D eigenvalue weighted by atomic mass is 10.2. The first-order valence-corrected chi connectivity index (χ1v) is 8.56. The molecule has 2 N–H and O–H groups in total. The van der Waals surface area contributed by atoms with Crippen LogP contribution in [0.2, 0.25) is 0 Å². The van der Waals surface area contributed by atoms with Gasteiger partial charge >= 0.3 is 0 Å². The molecule has 0 aliphatic rings. The minimum absolute atomic E-state index is 0.110. The zero-order chi connectivity index (χ0) is 16.6. The number of H-pyrrole nitrogens is 1.